The van der Waals surface area contributed by atoms with E-state index in [-0.39, 0.29) is 5.91 Å². The van der Waals surface area contributed by atoms with E-state index in [9.17, 15) is 4.79 Å². The highest BCUT2D eigenvalue weighted by Crippen LogP contribution is 2.35. The molecule has 0 aliphatic carbocycles. The Hall–Kier alpha value is -2.36. The van der Waals surface area contributed by atoms with Gasteiger partial charge in [-0.25, -0.2) is 0 Å². The van der Waals surface area contributed by atoms with Crippen LogP contribution in [0.3, 0.4) is 0 Å². The minimum Gasteiger partial charge on any atom is -0.496 e. The molecule has 7 nitrogen and oxygen atoms in total. The van der Waals surface area contributed by atoms with Gasteiger partial charge in [-0.15, -0.1) is 0 Å². The number of fused-ring (bicyclic) bond motifs is 1. The van der Waals surface area contributed by atoms with Crippen LogP contribution in [0.4, 0.5) is 5.00 Å². The van der Waals surface area contributed by atoms with Crippen LogP contribution in [0, 0.1) is 0 Å². The summed E-state index contributed by atoms with van der Waals surface area (Å²) < 4.78 is 16.1. The number of halogens is 1. The molecule has 1 fully saturated rings. The van der Waals surface area contributed by atoms with Gasteiger partial charge in [-0.3, -0.25) is 9.69 Å². The molecule has 4 rings (SSSR count). The van der Waals surface area contributed by atoms with Crippen LogP contribution in [0.25, 0.3) is 10.9 Å². The Balaban J connectivity index is 1.20. The number of aromatic nitrogens is 1. The van der Waals surface area contributed by atoms with Crippen molar-refractivity contribution in [1.82, 2.24) is 14.6 Å². The maximum absolute atomic E-state index is 12.8. The van der Waals surface area contributed by atoms with Crippen molar-refractivity contribution in [2.75, 3.05) is 58.4 Å². The van der Waals surface area contributed by atoms with Crippen molar-refractivity contribution in [3.8, 4) is 11.5 Å². The molecule has 1 aliphatic rings. The summed E-state index contributed by atoms with van der Waals surface area (Å²) in [6, 6.07) is 11.9. The third-order valence-electron chi connectivity index (χ3n) is 5.93. The summed E-state index contributed by atoms with van der Waals surface area (Å²) in [5.74, 6) is 0.799. The number of hydrogen-bond acceptors (Lipinski definition) is 7. The van der Waals surface area contributed by atoms with Gasteiger partial charge in [0.2, 0.25) is 0 Å². The highest BCUT2D eigenvalue weighted by Gasteiger charge is 2.22. The number of benzene rings is 2. The molecule has 3 aromatic rings. The van der Waals surface area contributed by atoms with Crippen LogP contribution in [-0.2, 0) is 0 Å². The number of carbonyl (C=O) groups is 1. The molecule has 2 aromatic carbocycles. The van der Waals surface area contributed by atoms with Gasteiger partial charge in [-0.05, 0) is 71.1 Å². The maximum Gasteiger partial charge on any atom is 0.258 e. The van der Waals surface area contributed by atoms with Crippen LogP contribution in [-0.4, -0.2) is 68.7 Å². The van der Waals surface area contributed by atoms with Crippen molar-refractivity contribution < 1.29 is 14.3 Å². The molecular weight excluding hydrogens is 504 g/mol. The van der Waals surface area contributed by atoms with Gasteiger partial charge in [0, 0.05) is 38.1 Å². The Morgan fingerprint density at radius 2 is 1.88 bits per heavy atom. The fraction of sp³-hybridized carbons (Fsp3) is 0.417. The van der Waals surface area contributed by atoms with Gasteiger partial charge in [-0.1, -0.05) is 12.1 Å². The van der Waals surface area contributed by atoms with Crippen molar-refractivity contribution in [2.24, 2.45) is 0 Å². The van der Waals surface area contributed by atoms with Gasteiger partial charge in [-0.2, -0.15) is 4.37 Å². The first kappa shape index (κ1) is 23.8. The number of unbranched alkanes of at least 4 members (excludes halogenated alkanes) is 1. The van der Waals surface area contributed by atoms with Crippen molar-refractivity contribution >= 4 is 49.3 Å². The van der Waals surface area contributed by atoms with Gasteiger partial charge in [0.05, 0.1) is 24.2 Å². The second kappa shape index (κ2) is 11.2. The topological polar surface area (TPSA) is 66.9 Å². The molecule has 1 amide bonds. The number of piperazine rings is 1. The zero-order valence-electron chi connectivity index (χ0n) is 19.0. The van der Waals surface area contributed by atoms with Crippen molar-refractivity contribution in [1.29, 1.82) is 0 Å². The number of ether oxygens (including phenoxy) is 2. The molecule has 9 heteroatoms. The van der Waals surface area contributed by atoms with Crippen molar-refractivity contribution in [3.05, 3.63) is 46.4 Å². The first-order valence-corrected chi connectivity index (χ1v) is 12.7. The summed E-state index contributed by atoms with van der Waals surface area (Å²) in [7, 11) is 3.10. The third-order valence-corrected chi connectivity index (χ3v) is 7.50. The molecule has 2 heterocycles. The molecule has 0 radical (unpaired) electrons. The number of anilines is 1. The van der Waals surface area contributed by atoms with Crippen LogP contribution in [0.1, 0.15) is 23.2 Å². The summed E-state index contributed by atoms with van der Waals surface area (Å²) in [6.07, 6.45) is 1.96. The van der Waals surface area contributed by atoms with E-state index >= 15 is 0 Å². The number of hydrogen-bond donors (Lipinski definition) is 1. The summed E-state index contributed by atoms with van der Waals surface area (Å²) in [6.45, 7) is 5.79. The minimum absolute atomic E-state index is 0.185. The molecule has 1 saturated heterocycles. The Bertz CT molecular complexity index is 1100. The summed E-state index contributed by atoms with van der Waals surface area (Å²) in [5, 5.41) is 5.54. The molecule has 0 unspecified atom stereocenters. The van der Waals surface area contributed by atoms with Crippen LogP contribution >= 0.6 is 27.5 Å². The van der Waals surface area contributed by atoms with Crippen LogP contribution in [0.15, 0.2) is 40.9 Å². The minimum atomic E-state index is -0.185. The first-order chi connectivity index (χ1) is 16.1. The van der Waals surface area contributed by atoms with Gasteiger partial charge in [0.15, 0.2) is 0 Å². The fourth-order valence-electron chi connectivity index (χ4n) is 4.15. The summed E-state index contributed by atoms with van der Waals surface area (Å²) in [5.41, 5.74) is 1.50. The van der Waals surface area contributed by atoms with E-state index in [1.54, 1.807) is 31.8 Å². The zero-order valence-corrected chi connectivity index (χ0v) is 21.4. The molecular formula is C24H29BrN4O3S. The van der Waals surface area contributed by atoms with Crippen molar-refractivity contribution in [3.63, 3.8) is 0 Å². The normalized spacial score (nSPS) is 14.5. The third kappa shape index (κ3) is 5.42. The van der Waals surface area contributed by atoms with Crippen LogP contribution in [0.5, 0.6) is 11.5 Å². The van der Waals surface area contributed by atoms with E-state index in [0.717, 1.165) is 55.6 Å². The van der Waals surface area contributed by atoms with E-state index in [1.807, 2.05) is 12.1 Å². The lowest BCUT2D eigenvalue weighted by Crippen LogP contribution is -2.46. The number of rotatable bonds is 9. The van der Waals surface area contributed by atoms with E-state index in [2.05, 4.69) is 53.6 Å². The number of carbonyl (C=O) groups excluding carboxylic acids is 1. The van der Waals surface area contributed by atoms with Crippen molar-refractivity contribution in [2.45, 2.75) is 12.8 Å². The Morgan fingerprint density at radius 1 is 1.09 bits per heavy atom. The van der Waals surface area contributed by atoms with E-state index in [0.29, 0.717) is 23.6 Å². The Kier molecular flexibility index (Phi) is 8.06. The molecule has 0 atom stereocenters. The highest BCUT2D eigenvalue weighted by atomic mass is 79.9. The maximum atomic E-state index is 12.8. The van der Waals surface area contributed by atoms with E-state index < -0.39 is 0 Å². The Labute approximate surface area is 207 Å². The predicted octanol–water partition coefficient (Wildman–Crippen LogP) is 4.41. The largest absolute Gasteiger partial charge is 0.496 e. The monoisotopic (exact) mass is 532 g/mol. The molecule has 0 spiro atoms. The van der Waals surface area contributed by atoms with E-state index in [1.165, 1.54) is 10.4 Å². The first-order valence-electron chi connectivity index (χ1n) is 11.1. The number of nitrogens with one attached hydrogen (secondary N) is 1. The number of nitrogens with zero attached hydrogens (tertiary/aromatic N) is 3. The molecule has 1 aliphatic heterocycles. The lowest BCUT2D eigenvalue weighted by atomic mass is 10.1. The lowest BCUT2D eigenvalue weighted by Gasteiger charge is -2.35. The molecule has 0 bridgehead atoms. The smallest absolute Gasteiger partial charge is 0.258 e. The molecule has 0 saturated carbocycles. The number of amides is 1. The second-order valence-corrected chi connectivity index (χ2v) is 9.56. The van der Waals surface area contributed by atoms with E-state index in [4.69, 9.17) is 9.47 Å². The Morgan fingerprint density at radius 3 is 2.64 bits per heavy atom. The standard InChI is InChI=1S/C24H29BrN4O3S/c1-31-20-10-9-18(25)22(32-2)21(20)23(30)26-11-5-6-12-28-13-15-29(16-14-28)24-17-7-3-4-8-19(17)27-33-24/h3-4,7-10H,5-6,11-16H2,1-2H3,(H,26,30). The predicted molar refractivity (Wildman–Crippen MR) is 137 cm³/mol. The number of methoxy groups -OCH3 is 2. The average molecular weight is 533 g/mol. The molecule has 176 valence electrons. The van der Waals surface area contributed by atoms with Gasteiger partial charge < -0.3 is 19.7 Å². The zero-order chi connectivity index (χ0) is 23.2. The highest BCUT2D eigenvalue weighted by molar-refractivity contribution is 9.10. The lowest BCUT2D eigenvalue weighted by molar-refractivity contribution is 0.0946. The van der Waals surface area contributed by atoms with Crippen LogP contribution in [0.2, 0.25) is 0 Å². The van der Waals surface area contributed by atoms with Crippen LogP contribution < -0.4 is 19.7 Å². The van der Waals surface area contributed by atoms with Gasteiger partial charge >= 0.3 is 0 Å². The van der Waals surface area contributed by atoms with Gasteiger partial charge in [0.1, 0.15) is 22.1 Å². The average Bonchev–Trinajstić information content (AvgIpc) is 3.28. The van der Waals surface area contributed by atoms with Gasteiger partial charge in [0.25, 0.3) is 5.91 Å². The summed E-state index contributed by atoms with van der Waals surface area (Å²) in [4.78, 5) is 17.7. The molecule has 33 heavy (non-hydrogen) atoms. The quantitative estimate of drug-likeness (QED) is 0.412. The molecule has 1 aromatic heterocycles. The molecule has 1 N–H and O–H groups in total. The summed E-state index contributed by atoms with van der Waals surface area (Å²) >= 11 is 5.03. The fourth-order valence-corrected chi connectivity index (χ4v) is 5.56. The SMILES string of the molecule is COc1ccc(Br)c(OC)c1C(=O)NCCCCN1CCN(c2snc3ccccc23)CC1. The second-order valence-electron chi connectivity index (χ2n) is 7.95.